The summed E-state index contributed by atoms with van der Waals surface area (Å²) in [6, 6.07) is 14.4. The number of nitrogens with zero attached hydrogens (tertiary/aromatic N) is 2. The topological polar surface area (TPSA) is 73.2 Å². The van der Waals surface area contributed by atoms with E-state index in [4.69, 9.17) is 5.26 Å². The molecule has 2 aromatic carbocycles. The molecule has 0 saturated carbocycles. The number of para-hydroxylation sites is 1. The van der Waals surface area contributed by atoms with Gasteiger partial charge in [0.1, 0.15) is 11.9 Å². The molecule has 3 rings (SSSR count). The number of nitrogens with one attached hydrogen (secondary N) is 1. The van der Waals surface area contributed by atoms with Gasteiger partial charge in [0.05, 0.1) is 11.3 Å². The second-order valence-electron chi connectivity index (χ2n) is 6.22. The van der Waals surface area contributed by atoms with Crippen LogP contribution >= 0.6 is 0 Å². The van der Waals surface area contributed by atoms with Crippen LogP contribution in [-0.4, -0.2) is 29.8 Å². The van der Waals surface area contributed by atoms with Gasteiger partial charge in [0.2, 0.25) is 5.91 Å². The third-order valence-corrected chi connectivity index (χ3v) is 4.55. The molecule has 1 saturated heterocycles. The summed E-state index contributed by atoms with van der Waals surface area (Å²) in [5.41, 5.74) is 1.37. The Hall–Kier alpha value is -3.20. The van der Waals surface area contributed by atoms with E-state index < -0.39 is 0 Å². The number of halogens is 1. The Morgan fingerprint density at radius 2 is 1.73 bits per heavy atom. The molecule has 0 radical (unpaired) electrons. The summed E-state index contributed by atoms with van der Waals surface area (Å²) >= 11 is 0. The van der Waals surface area contributed by atoms with Crippen LogP contribution in [0, 0.1) is 23.1 Å². The Bertz CT molecular complexity index is 850. The van der Waals surface area contributed by atoms with Crippen LogP contribution in [-0.2, 0) is 4.79 Å². The van der Waals surface area contributed by atoms with Crippen LogP contribution in [0.5, 0.6) is 0 Å². The lowest BCUT2D eigenvalue weighted by atomic mass is 9.95. The highest BCUT2D eigenvalue weighted by Crippen LogP contribution is 2.22. The fourth-order valence-electron chi connectivity index (χ4n) is 3.04. The number of amides is 2. The molecule has 26 heavy (non-hydrogen) atoms. The molecule has 0 aromatic heterocycles. The summed E-state index contributed by atoms with van der Waals surface area (Å²) in [4.78, 5) is 26.6. The molecule has 1 aliphatic heterocycles. The summed E-state index contributed by atoms with van der Waals surface area (Å²) in [5.74, 6) is -0.881. The van der Waals surface area contributed by atoms with Crippen molar-refractivity contribution in [3.05, 3.63) is 65.5 Å². The van der Waals surface area contributed by atoms with E-state index in [2.05, 4.69) is 11.4 Å². The van der Waals surface area contributed by atoms with Gasteiger partial charge >= 0.3 is 0 Å². The first-order valence-electron chi connectivity index (χ1n) is 8.43. The fourth-order valence-corrected chi connectivity index (χ4v) is 3.04. The normalized spacial score (nSPS) is 14.5. The number of benzene rings is 2. The van der Waals surface area contributed by atoms with E-state index >= 15 is 0 Å². The Morgan fingerprint density at radius 3 is 2.38 bits per heavy atom. The van der Waals surface area contributed by atoms with Crippen molar-refractivity contribution in [3.63, 3.8) is 0 Å². The Morgan fingerprint density at radius 1 is 1.08 bits per heavy atom. The van der Waals surface area contributed by atoms with Crippen molar-refractivity contribution < 1.29 is 14.0 Å². The molecule has 1 aliphatic rings. The fraction of sp³-hybridized carbons (Fsp3) is 0.250. The van der Waals surface area contributed by atoms with E-state index in [-0.39, 0.29) is 23.5 Å². The van der Waals surface area contributed by atoms with Gasteiger partial charge < -0.3 is 10.2 Å². The lowest BCUT2D eigenvalue weighted by Crippen LogP contribution is -2.41. The summed E-state index contributed by atoms with van der Waals surface area (Å²) in [6.07, 6.45) is 1.10. The van der Waals surface area contributed by atoms with Crippen molar-refractivity contribution in [2.75, 3.05) is 18.4 Å². The van der Waals surface area contributed by atoms with Gasteiger partial charge in [0.15, 0.2) is 0 Å². The monoisotopic (exact) mass is 351 g/mol. The zero-order valence-corrected chi connectivity index (χ0v) is 14.1. The summed E-state index contributed by atoms with van der Waals surface area (Å²) in [5, 5.41) is 11.9. The first-order chi connectivity index (χ1) is 12.6. The molecule has 0 aliphatic carbocycles. The van der Waals surface area contributed by atoms with Crippen LogP contribution in [0.4, 0.5) is 10.1 Å². The minimum Gasteiger partial charge on any atom is -0.339 e. The Kier molecular flexibility index (Phi) is 5.28. The zero-order chi connectivity index (χ0) is 18.5. The highest BCUT2D eigenvalue weighted by Gasteiger charge is 2.28. The number of hydrogen-bond donors (Lipinski definition) is 1. The lowest BCUT2D eigenvalue weighted by molar-refractivity contribution is -0.121. The Balaban J connectivity index is 1.58. The van der Waals surface area contributed by atoms with Gasteiger partial charge in [-0.2, -0.15) is 5.26 Å². The number of piperidine rings is 1. The van der Waals surface area contributed by atoms with Crippen LogP contribution in [0.15, 0.2) is 48.5 Å². The van der Waals surface area contributed by atoms with Crippen molar-refractivity contribution in [1.29, 1.82) is 5.26 Å². The zero-order valence-electron chi connectivity index (χ0n) is 14.1. The van der Waals surface area contributed by atoms with E-state index in [0.717, 1.165) is 0 Å². The molecule has 2 amide bonds. The van der Waals surface area contributed by atoms with Crippen molar-refractivity contribution in [3.8, 4) is 6.07 Å². The molecule has 0 atom stereocenters. The molecule has 6 heteroatoms. The molecule has 1 heterocycles. The smallest absolute Gasteiger partial charge is 0.253 e. The first kappa shape index (κ1) is 17.6. The number of nitriles is 1. The molecule has 5 nitrogen and oxygen atoms in total. The second-order valence-corrected chi connectivity index (χ2v) is 6.22. The molecule has 0 spiro atoms. The molecular formula is C20H18FN3O2. The quantitative estimate of drug-likeness (QED) is 0.923. The van der Waals surface area contributed by atoms with Crippen molar-refractivity contribution in [2.45, 2.75) is 12.8 Å². The van der Waals surface area contributed by atoms with Crippen LogP contribution in [0.2, 0.25) is 0 Å². The third kappa shape index (κ3) is 3.89. The SMILES string of the molecule is N#Cc1ccccc1NC(=O)C1CCN(C(=O)c2ccc(F)cc2)CC1. The predicted molar refractivity (Wildman–Crippen MR) is 94.8 cm³/mol. The third-order valence-electron chi connectivity index (χ3n) is 4.55. The minimum atomic E-state index is -0.380. The van der Waals surface area contributed by atoms with Gasteiger partial charge in [-0.3, -0.25) is 9.59 Å². The van der Waals surface area contributed by atoms with Gasteiger partial charge in [0, 0.05) is 24.6 Å². The first-order valence-corrected chi connectivity index (χ1v) is 8.43. The molecule has 0 bridgehead atoms. The number of carbonyl (C=O) groups is 2. The average molecular weight is 351 g/mol. The van der Waals surface area contributed by atoms with Crippen LogP contribution in [0.25, 0.3) is 0 Å². The Labute approximate surface area is 151 Å². The maximum Gasteiger partial charge on any atom is 0.253 e. The van der Waals surface area contributed by atoms with Crippen molar-refractivity contribution in [2.24, 2.45) is 5.92 Å². The number of likely N-dealkylation sites (tertiary alicyclic amines) is 1. The van der Waals surface area contributed by atoms with Gasteiger partial charge in [-0.05, 0) is 49.2 Å². The largest absolute Gasteiger partial charge is 0.339 e. The van der Waals surface area contributed by atoms with Crippen molar-refractivity contribution >= 4 is 17.5 Å². The van der Waals surface area contributed by atoms with Gasteiger partial charge in [-0.25, -0.2) is 4.39 Å². The predicted octanol–water partition coefficient (Wildman–Crippen LogP) is 3.19. The maximum atomic E-state index is 13.0. The molecule has 0 unspecified atom stereocenters. The molecular weight excluding hydrogens is 333 g/mol. The summed E-state index contributed by atoms with van der Waals surface area (Å²) in [7, 11) is 0. The molecule has 2 aromatic rings. The van der Waals surface area contributed by atoms with Crippen LogP contribution in [0.3, 0.4) is 0 Å². The number of anilines is 1. The van der Waals surface area contributed by atoms with Gasteiger partial charge in [-0.15, -0.1) is 0 Å². The minimum absolute atomic E-state index is 0.137. The van der Waals surface area contributed by atoms with E-state index in [0.29, 0.717) is 42.7 Å². The van der Waals surface area contributed by atoms with E-state index in [9.17, 15) is 14.0 Å². The number of hydrogen-bond acceptors (Lipinski definition) is 3. The molecule has 132 valence electrons. The standard InChI is InChI=1S/C20H18FN3O2/c21-17-7-5-15(6-8-17)20(26)24-11-9-14(10-12-24)19(25)23-18-4-2-1-3-16(18)13-22/h1-8,14H,9-12H2,(H,23,25). The summed E-state index contributed by atoms with van der Waals surface area (Å²) in [6.45, 7) is 0.933. The maximum absolute atomic E-state index is 13.0. The van der Waals surface area contributed by atoms with E-state index in [1.54, 1.807) is 29.2 Å². The average Bonchev–Trinajstić information content (AvgIpc) is 2.68. The highest BCUT2D eigenvalue weighted by atomic mass is 19.1. The van der Waals surface area contributed by atoms with Crippen LogP contribution < -0.4 is 5.32 Å². The lowest BCUT2D eigenvalue weighted by Gasteiger charge is -2.31. The van der Waals surface area contributed by atoms with Crippen molar-refractivity contribution in [1.82, 2.24) is 4.90 Å². The van der Waals surface area contributed by atoms with E-state index in [1.807, 2.05) is 0 Å². The summed E-state index contributed by atoms with van der Waals surface area (Å²) < 4.78 is 13.0. The molecule has 1 N–H and O–H groups in total. The van der Waals surface area contributed by atoms with Crippen LogP contribution in [0.1, 0.15) is 28.8 Å². The highest BCUT2D eigenvalue weighted by molar-refractivity contribution is 5.95. The molecule has 1 fully saturated rings. The van der Waals surface area contributed by atoms with E-state index in [1.165, 1.54) is 24.3 Å². The number of carbonyl (C=O) groups excluding carboxylic acids is 2. The number of rotatable bonds is 3. The van der Waals surface area contributed by atoms with Gasteiger partial charge in [0.25, 0.3) is 5.91 Å². The second kappa shape index (κ2) is 7.79. The van der Waals surface area contributed by atoms with Gasteiger partial charge in [-0.1, -0.05) is 12.1 Å².